The molecule has 0 saturated heterocycles. The number of imidazole rings is 1. The first-order valence-corrected chi connectivity index (χ1v) is 4.79. The van der Waals surface area contributed by atoms with Crippen molar-refractivity contribution < 1.29 is 10.4 Å². The van der Waals surface area contributed by atoms with Crippen molar-refractivity contribution in [1.29, 1.82) is 0 Å². The largest absolute Gasteiger partial charge is 0.427 e. The van der Waals surface area contributed by atoms with E-state index in [2.05, 4.69) is 10.1 Å². The Balaban J connectivity index is 2.54. The standard InChI is InChI=1S/C9H13N3O2/c1-2-8-10-9-6(11-13)4-3-5-7(9)12(8)14/h13-14H,2-5H2,1H3/b11-6+. The lowest BCUT2D eigenvalue weighted by Gasteiger charge is -2.11. The minimum atomic E-state index is 0.578. The highest BCUT2D eigenvalue weighted by Crippen LogP contribution is 2.21. The van der Waals surface area contributed by atoms with E-state index in [9.17, 15) is 5.21 Å². The van der Waals surface area contributed by atoms with Gasteiger partial charge in [0.05, 0.1) is 5.69 Å². The minimum absolute atomic E-state index is 0.578. The highest BCUT2D eigenvalue weighted by molar-refractivity contribution is 6.00. The van der Waals surface area contributed by atoms with Gasteiger partial charge < -0.3 is 10.4 Å². The van der Waals surface area contributed by atoms with Crippen LogP contribution in [0, 0.1) is 0 Å². The summed E-state index contributed by atoms with van der Waals surface area (Å²) in [7, 11) is 0. The number of nitrogens with zero attached hydrogens (tertiary/aromatic N) is 3. The Hall–Kier alpha value is -1.52. The molecule has 1 aliphatic rings. The van der Waals surface area contributed by atoms with Crippen LogP contribution in [0.2, 0.25) is 0 Å². The molecule has 0 saturated carbocycles. The SMILES string of the molecule is CCc1nc2c(n1O)CCC/C2=N\O. The van der Waals surface area contributed by atoms with E-state index < -0.39 is 0 Å². The Kier molecular flexibility index (Phi) is 2.15. The summed E-state index contributed by atoms with van der Waals surface area (Å²) in [6, 6.07) is 0. The second-order valence-electron chi connectivity index (χ2n) is 3.39. The number of hydrogen-bond donors (Lipinski definition) is 2. The van der Waals surface area contributed by atoms with Crippen molar-refractivity contribution in [2.75, 3.05) is 0 Å². The molecule has 0 atom stereocenters. The van der Waals surface area contributed by atoms with Gasteiger partial charge in [-0.15, -0.1) is 0 Å². The molecule has 1 aliphatic carbocycles. The second kappa shape index (κ2) is 3.32. The zero-order valence-corrected chi connectivity index (χ0v) is 8.06. The molecule has 0 amide bonds. The van der Waals surface area contributed by atoms with Crippen LogP contribution in [0.3, 0.4) is 0 Å². The van der Waals surface area contributed by atoms with Crippen LogP contribution in [-0.4, -0.2) is 25.8 Å². The molecule has 0 aromatic carbocycles. The fraction of sp³-hybridized carbons (Fsp3) is 0.556. The van der Waals surface area contributed by atoms with Crippen LogP contribution >= 0.6 is 0 Å². The van der Waals surface area contributed by atoms with Crippen LogP contribution in [0.15, 0.2) is 5.16 Å². The van der Waals surface area contributed by atoms with Gasteiger partial charge in [-0.2, -0.15) is 4.73 Å². The Morgan fingerprint density at radius 1 is 1.50 bits per heavy atom. The zero-order chi connectivity index (χ0) is 10.1. The third-order valence-electron chi connectivity index (χ3n) is 2.55. The molecule has 5 heteroatoms. The van der Waals surface area contributed by atoms with E-state index in [1.54, 1.807) is 0 Å². The first-order valence-electron chi connectivity index (χ1n) is 4.79. The van der Waals surface area contributed by atoms with Crippen LogP contribution in [-0.2, 0) is 12.8 Å². The molecule has 0 radical (unpaired) electrons. The third kappa shape index (κ3) is 1.16. The number of aromatic nitrogens is 2. The molecule has 2 N–H and O–H groups in total. The lowest BCUT2D eigenvalue weighted by Crippen LogP contribution is -2.13. The van der Waals surface area contributed by atoms with E-state index >= 15 is 0 Å². The molecule has 76 valence electrons. The smallest absolute Gasteiger partial charge is 0.145 e. The first-order chi connectivity index (χ1) is 6.77. The summed E-state index contributed by atoms with van der Waals surface area (Å²) < 4.78 is 1.12. The van der Waals surface area contributed by atoms with Gasteiger partial charge in [0.25, 0.3) is 0 Å². The lowest BCUT2D eigenvalue weighted by atomic mass is 9.99. The maximum Gasteiger partial charge on any atom is 0.145 e. The average molecular weight is 195 g/mol. The summed E-state index contributed by atoms with van der Waals surface area (Å²) in [5.74, 6) is 0.623. The van der Waals surface area contributed by atoms with E-state index in [1.807, 2.05) is 6.92 Å². The molecule has 0 spiro atoms. The second-order valence-corrected chi connectivity index (χ2v) is 3.39. The molecule has 0 unspecified atom stereocenters. The molecule has 1 aromatic heterocycles. The van der Waals surface area contributed by atoms with Crippen LogP contribution in [0.25, 0.3) is 0 Å². The van der Waals surface area contributed by atoms with Crippen molar-refractivity contribution in [1.82, 2.24) is 9.71 Å². The van der Waals surface area contributed by atoms with E-state index in [-0.39, 0.29) is 0 Å². The maximum atomic E-state index is 9.71. The third-order valence-corrected chi connectivity index (χ3v) is 2.55. The van der Waals surface area contributed by atoms with Gasteiger partial charge in [0, 0.05) is 6.42 Å². The fourth-order valence-corrected chi connectivity index (χ4v) is 1.82. The topological polar surface area (TPSA) is 70.6 Å². The molecule has 0 bridgehead atoms. The van der Waals surface area contributed by atoms with Gasteiger partial charge in [-0.25, -0.2) is 4.98 Å². The lowest BCUT2D eigenvalue weighted by molar-refractivity contribution is 0.166. The monoisotopic (exact) mass is 195 g/mol. The highest BCUT2D eigenvalue weighted by Gasteiger charge is 2.24. The quantitative estimate of drug-likeness (QED) is 0.402. The average Bonchev–Trinajstić information content (AvgIpc) is 2.55. The van der Waals surface area contributed by atoms with Crippen molar-refractivity contribution in [3.05, 3.63) is 17.2 Å². The molecule has 1 heterocycles. The molecule has 1 aromatic rings. The van der Waals surface area contributed by atoms with Gasteiger partial charge in [0.2, 0.25) is 0 Å². The Labute approximate surface area is 81.6 Å². The molecule has 14 heavy (non-hydrogen) atoms. The molecule has 5 nitrogen and oxygen atoms in total. The van der Waals surface area contributed by atoms with Crippen molar-refractivity contribution in [3.8, 4) is 0 Å². The van der Waals surface area contributed by atoms with Gasteiger partial charge in [-0.1, -0.05) is 12.1 Å². The predicted molar refractivity (Wildman–Crippen MR) is 50.1 cm³/mol. The van der Waals surface area contributed by atoms with Crippen LogP contribution in [0.4, 0.5) is 0 Å². The maximum absolute atomic E-state index is 9.71. The van der Waals surface area contributed by atoms with Crippen LogP contribution in [0.5, 0.6) is 0 Å². The Morgan fingerprint density at radius 3 is 2.93 bits per heavy atom. The van der Waals surface area contributed by atoms with Gasteiger partial charge >= 0.3 is 0 Å². The summed E-state index contributed by atoms with van der Waals surface area (Å²) in [5, 5.41) is 21.7. The number of fused-ring (bicyclic) bond motifs is 1. The van der Waals surface area contributed by atoms with Crippen molar-refractivity contribution in [3.63, 3.8) is 0 Å². The van der Waals surface area contributed by atoms with Crippen LogP contribution in [0.1, 0.15) is 37.0 Å². The number of aryl methyl sites for hydroxylation is 1. The van der Waals surface area contributed by atoms with Gasteiger partial charge in [-0.05, 0) is 19.3 Å². The van der Waals surface area contributed by atoms with Gasteiger partial charge in [0.1, 0.15) is 17.2 Å². The fourth-order valence-electron chi connectivity index (χ4n) is 1.82. The van der Waals surface area contributed by atoms with E-state index in [4.69, 9.17) is 5.21 Å². The number of oxime groups is 1. The van der Waals surface area contributed by atoms with E-state index in [1.165, 1.54) is 0 Å². The van der Waals surface area contributed by atoms with Gasteiger partial charge in [0.15, 0.2) is 0 Å². The normalized spacial score (nSPS) is 18.5. The van der Waals surface area contributed by atoms with Crippen molar-refractivity contribution >= 4 is 5.71 Å². The minimum Gasteiger partial charge on any atom is -0.427 e. The summed E-state index contributed by atoms with van der Waals surface area (Å²) in [5.41, 5.74) is 1.99. The van der Waals surface area contributed by atoms with Crippen LogP contribution < -0.4 is 0 Å². The Bertz CT molecular complexity index is 382. The molecule has 0 aliphatic heterocycles. The van der Waals surface area contributed by atoms with Gasteiger partial charge in [-0.3, -0.25) is 0 Å². The van der Waals surface area contributed by atoms with Crippen molar-refractivity contribution in [2.45, 2.75) is 32.6 Å². The first kappa shape index (κ1) is 9.05. The van der Waals surface area contributed by atoms with Crippen molar-refractivity contribution in [2.24, 2.45) is 5.16 Å². The number of hydrogen-bond acceptors (Lipinski definition) is 4. The van der Waals surface area contributed by atoms with E-state index in [0.29, 0.717) is 23.7 Å². The molecule has 2 rings (SSSR count). The molecular formula is C9H13N3O2. The predicted octanol–water partition coefficient (Wildman–Crippen LogP) is 1.20. The summed E-state index contributed by atoms with van der Waals surface area (Å²) in [6.07, 6.45) is 3.07. The molecular weight excluding hydrogens is 182 g/mol. The summed E-state index contributed by atoms with van der Waals surface area (Å²) >= 11 is 0. The summed E-state index contributed by atoms with van der Waals surface area (Å²) in [4.78, 5) is 4.24. The Morgan fingerprint density at radius 2 is 2.29 bits per heavy atom. The molecule has 0 fully saturated rings. The zero-order valence-electron chi connectivity index (χ0n) is 8.06. The number of rotatable bonds is 1. The van der Waals surface area contributed by atoms with E-state index in [0.717, 1.165) is 29.7 Å². The highest BCUT2D eigenvalue weighted by atomic mass is 16.5. The summed E-state index contributed by atoms with van der Waals surface area (Å²) in [6.45, 7) is 1.93.